The first kappa shape index (κ1) is 99.6. The number of hydrogen-bond donors (Lipinski definition) is 10. The van der Waals surface area contributed by atoms with Crippen molar-refractivity contribution in [2.45, 2.75) is 77.0 Å². The molecule has 4 aromatic rings. The number of amides is 12. The molecule has 11 N–H and O–H groups in total. The number of benzene rings is 4. The van der Waals surface area contributed by atoms with Crippen molar-refractivity contribution in [3.63, 3.8) is 0 Å². The van der Waals surface area contributed by atoms with E-state index in [4.69, 9.17) is 5.73 Å². The average molecular weight is 1690 g/mol. The van der Waals surface area contributed by atoms with E-state index in [1.807, 2.05) is 60.7 Å². The first-order chi connectivity index (χ1) is 57.5. The van der Waals surface area contributed by atoms with Gasteiger partial charge in [-0.3, -0.25) is 95.9 Å². The highest BCUT2D eigenvalue weighted by Crippen LogP contribution is 2.14. The number of primary amides is 1. The van der Waals surface area contributed by atoms with Crippen molar-refractivity contribution in [1.29, 1.82) is 0 Å². The van der Waals surface area contributed by atoms with Gasteiger partial charge in [-0.05, 0) is 54.5 Å². The Morgan fingerprint density at radius 1 is 0.215 bits per heavy atom. The van der Waals surface area contributed by atoms with Crippen LogP contribution in [0.3, 0.4) is 0 Å². The molecule has 0 heterocycles. The van der Waals surface area contributed by atoms with E-state index < -0.39 is 294 Å². The number of carbonyl (C=O) groups is 20. The van der Waals surface area contributed by atoms with Gasteiger partial charge in [-0.1, -0.05) is 121 Å². The third-order valence-electron chi connectivity index (χ3n) is 18.5. The van der Waals surface area contributed by atoms with Gasteiger partial charge in [0, 0.05) is 72.0 Å². The third kappa shape index (κ3) is 40.8. The van der Waals surface area contributed by atoms with Crippen molar-refractivity contribution in [3.8, 4) is 0 Å². The lowest BCUT2D eigenvalue weighted by Crippen LogP contribution is -2.53. The van der Waals surface area contributed by atoms with Crippen LogP contribution in [0.15, 0.2) is 121 Å². The SMILES string of the molecule is NC(=O)CN(CCC(=O)O)C(=O)CN(CCC(=O)O)C(=O)CN(CCC(=O)O)C(=O)CN(CCC(=O)O)C(=O)CN(CCC(=O)O)C(=O)CN(CCC(=O)O)C(=O)CN(CCC(=O)O)C(=O)CN(CCC(=O)O)C(=O)CN(CCc1ccccc1)C(=O)CN(CCc1ccccc1)C(=O)CN(CCc1ccccc1)C(=O)CNCCc1ccccc1. The molecule has 0 radical (unpaired) electrons. The fraction of sp³-hybridized carbons (Fsp3) is 0.450. The maximum absolute atomic E-state index is 15.1. The minimum Gasteiger partial charge on any atom is -0.481 e. The Balaban J connectivity index is 1.68. The molecule has 121 heavy (non-hydrogen) atoms. The fourth-order valence-electron chi connectivity index (χ4n) is 11.8. The van der Waals surface area contributed by atoms with Gasteiger partial charge >= 0.3 is 47.8 Å². The average Bonchev–Trinajstić information content (AvgIpc) is 0.858. The maximum atomic E-state index is 15.1. The molecule has 0 fully saturated rings. The Hall–Kier alpha value is -13.8. The minimum absolute atomic E-state index is 0.0760. The maximum Gasteiger partial charge on any atom is 0.305 e. The van der Waals surface area contributed by atoms with Crippen LogP contribution >= 0.6 is 0 Å². The summed E-state index contributed by atoms with van der Waals surface area (Å²) in [6, 6.07) is 36.3. The number of carboxylic acids is 8. The standard InChI is InChI=1S/C80H103N13O28/c81-61(94)46-83(37-25-73(106)107)63(96)48-87(38-26-74(108)109)67(100)51-89(40-28-76(112)113)69(102)53-91(42-30-78(116)117)71(104)55-93(44-32-80(120)121)72(105)56-92(43-31-79(118)119)70(103)54-90(41-29-77(114)115)68(101)52-88(39-27-75(110)111)66(99)50-86(36-24-60-19-11-4-12-20-60)65(98)49-85(35-23-59-17-9-3-10-18-59)64(97)47-84(34-22-58-15-7-2-8-16-58)62(95)45-82-33-21-57-13-5-1-6-14-57/h1-20,82H,21-56H2,(H2,81,94)(H,106,107)(H,108,109)(H,110,111)(H,112,113)(H,114,115)(H,116,117)(H,118,119)(H,120,121). The highest BCUT2D eigenvalue weighted by atomic mass is 16.4. The fourth-order valence-corrected chi connectivity index (χ4v) is 11.8. The molecule has 4 rings (SSSR count). The van der Waals surface area contributed by atoms with Crippen LogP contribution in [0.4, 0.5) is 0 Å². The minimum atomic E-state index is -1.61. The first-order valence-corrected chi connectivity index (χ1v) is 38.4. The van der Waals surface area contributed by atoms with E-state index in [9.17, 15) is 132 Å². The van der Waals surface area contributed by atoms with Crippen molar-refractivity contribution in [2.75, 3.05) is 157 Å². The van der Waals surface area contributed by atoms with Gasteiger partial charge in [0.25, 0.3) is 0 Å². The molecule has 0 saturated carbocycles. The smallest absolute Gasteiger partial charge is 0.305 e. The summed E-state index contributed by atoms with van der Waals surface area (Å²) in [4.78, 5) is 274. The van der Waals surface area contributed by atoms with E-state index in [2.05, 4.69) is 5.32 Å². The van der Waals surface area contributed by atoms with E-state index in [-0.39, 0.29) is 39.0 Å². The Kier molecular flexibility index (Phi) is 44.1. The molecule has 0 bridgehead atoms. The molecular weight excluding hydrogens is 1590 g/mol. The first-order valence-electron chi connectivity index (χ1n) is 38.4. The molecule has 0 atom stereocenters. The number of rotatable bonds is 60. The molecule has 0 unspecified atom stereocenters. The summed E-state index contributed by atoms with van der Waals surface area (Å²) < 4.78 is 0. The molecule has 0 spiro atoms. The van der Waals surface area contributed by atoms with Gasteiger partial charge < -0.3 is 106 Å². The highest BCUT2D eigenvalue weighted by molar-refractivity contribution is 5.96. The van der Waals surface area contributed by atoms with Crippen molar-refractivity contribution < 1.29 is 137 Å². The van der Waals surface area contributed by atoms with E-state index in [1.165, 1.54) is 9.80 Å². The Morgan fingerprint density at radius 2 is 0.372 bits per heavy atom. The topological polar surface area (TPSA) is 577 Å². The molecular formula is C80H103N13O28. The number of carbonyl (C=O) groups excluding carboxylic acids is 12. The molecule has 0 aliphatic rings. The number of nitrogens with one attached hydrogen (secondary N) is 1. The number of carboxylic acid groups (broad SMARTS) is 8. The lowest BCUT2D eigenvalue weighted by Gasteiger charge is -2.33. The number of nitrogens with zero attached hydrogens (tertiary/aromatic N) is 11. The van der Waals surface area contributed by atoms with E-state index in [0.29, 0.717) is 64.1 Å². The Bertz CT molecular complexity index is 4220. The number of hydrogen-bond acceptors (Lipinski definition) is 21. The Morgan fingerprint density at radius 3 is 0.545 bits per heavy atom. The zero-order chi connectivity index (χ0) is 89.5. The van der Waals surface area contributed by atoms with Crippen molar-refractivity contribution in [1.82, 2.24) is 59.2 Å². The van der Waals surface area contributed by atoms with E-state index in [1.54, 1.807) is 60.7 Å². The van der Waals surface area contributed by atoms with Gasteiger partial charge in [-0.25, -0.2) is 0 Å². The monoisotopic (exact) mass is 1690 g/mol. The molecule has 0 aliphatic heterocycles. The van der Waals surface area contributed by atoms with Gasteiger partial charge in [-0.2, -0.15) is 0 Å². The quantitative estimate of drug-likeness (QED) is 0.0213. The second-order valence-corrected chi connectivity index (χ2v) is 27.7. The van der Waals surface area contributed by atoms with Gasteiger partial charge in [0.15, 0.2) is 0 Å². The molecule has 0 aliphatic carbocycles. The van der Waals surface area contributed by atoms with Crippen LogP contribution in [-0.4, -0.2) is 370 Å². The molecule has 41 heteroatoms. The zero-order valence-electron chi connectivity index (χ0n) is 66.7. The summed E-state index contributed by atoms with van der Waals surface area (Å²) in [6.07, 6.45) is -5.92. The second-order valence-electron chi connectivity index (χ2n) is 27.7. The molecule has 0 aromatic heterocycles. The second kappa shape index (κ2) is 53.5. The summed E-state index contributed by atoms with van der Waals surface area (Å²) in [5, 5.41) is 80.7. The predicted molar refractivity (Wildman–Crippen MR) is 423 cm³/mol. The summed E-state index contributed by atoms with van der Waals surface area (Å²) >= 11 is 0. The van der Waals surface area contributed by atoms with E-state index >= 15 is 4.79 Å². The summed E-state index contributed by atoms with van der Waals surface area (Å²) in [5.74, 6) is -25.5. The zero-order valence-corrected chi connectivity index (χ0v) is 66.7. The number of nitrogens with two attached hydrogens (primary N) is 1. The van der Waals surface area contributed by atoms with Crippen molar-refractivity contribution in [3.05, 3.63) is 144 Å². The van der Waals surface area contributed by atoms with Crippen LogP contribution in [0.1, 0.15) is 73.6 Å². The molecule has 41 nitrogen and oxygen atoms in total. The van der Waals surface area contributed by atoms with Crippen LogP contribution in [0.25, 0.3) is 0 Å². The van der Waals surface area contributed by atoms with Crippen LogP contribution in [0.5, 0.6) is 0 Å². The van der Waals surface area contributed by atoms with Gasteiger partial charge in [-0.15, -0.1) is 0 Å². The van der Waals surface area contributed by atoms with Gasteiger partial charge in [0.05, 0.1) is 130 Å². The van der Waals surface area contributed by atoms with E-state index in [0.717, 1.165) is 21.6 Å². The van der Waals surface area contributed by atoms with Gasteiger partial charge in [0.1, 0.15) is 0 Å². The van der Waals surface area contributed by atoms with Crippen LogP contribution < -0.4 is 11.1 Å². The Labute approximate surface area is 695 Å². The number of aliphatic carboxylic acids is 8. The molecule has 656 valence electrons. The highest BCUT2D eigenvalue weighted by Gasteiger charge is 2.35. The normalized spacial score (nSPS) is 10.7. The van der Waals surface area contributed by atoms with Crippen LogP contribution in [-0.2, 0) is 122 Å². The van der Waals surface area contributed by atoms with Gasteiger partial charge in [0.2, 0.25) is 70.9 Å². The molecule has 12 amide bonds. The molecule has 0 saturated heterocycles. The van der Waals surface area contributed by atoms with Crippen LogP contribution in [0, 0.1) is 0 Å². The molecule has 4 aromatic carbocycles. The summed E-state index contributed by atoms with van der Waals surface area (Å²) in [6.45, 7) is -17.9. The van der Waals surface area contributed by atoms with Crippen LogP contribution in [0.2, 0.25) is 0 Å². The lowest BCUT2D eigenvalue weighted by atomic mass is 10.1. The largest absolute Gasteiger partial charge is 0.481 e. The summed E-state index contributed by atoms with van der Waals surface area (Å²) in [7, 11) is 0. The summed E-state index contributed by atoms with van der Waals surface area (Å²) in [5.41, 5.74) is 8.57. The lowest BCUT2D eigenvalue weighted by molar-refractivity contribution is -0.151. The van der Waals surface area contributed by atoms with Crippen molar-refractivity contribution in [2.24, 2.45) is 5.73 Å². The van der Waals surface area contributed by atoms with Crippen molar-refractivity contribution >= 4 is 119 Å². The third-order valence-corrected chi connectivity index (χ3v) is 18.5. The predicted octanol–water partition coefficient (Wildman–Crippen LogP) is -2.06.